The lowest BCUT2D eigenvalue weighted by molar-refractivity contribution is -0.251. The van der Waals surface area contributed by atoms with E-state index in [4.69, 9.17) is 28.0 Å². The van der Waals surface area contributed by atoms with Crippen molar-refractivity contribution in [3.05, 3.63) is 29.8 Å². The summed E-state index contributed by atoms with van der Waals surface area (Å²) in [6.07, 6.45) is 0.657. The first-order valence-corrected chi connectivity index (χ1v) is 12.7. The second-order valence-electron chi connectivity index (χ2n) is 8.38. The second kappa shape index (κ2) is 21.4. The van der Waals surface area contributed by atoms with Gasteiger partial charge in [0.05, 0.1) is 33.0 Å². The number of hydrogen-bond acceptors (Lipinski definition) is 12. The molecule has 13 nitrogen and oxygen atoms in total. The van der Waals surface area contributed by atoms with Crippen molar-refractivity contribution in [2.75, 3.05) is 97.8 Å². The number of thiocarbonyl (C=S) groups is 1. The Morgan fingerprint density at radius 3 is 1.92 bits per heavy atom. The number of nitrogens with one attached hydrogen (secondary N) is 2. The van der Waals surface area contributed by atoms with Crippen LogP contribution in [0, 0.1) is 0 Å². The number of aliphatic hydroxyl groups is 2. The summed E-state index contributed by atoms with van der Waals surface area (Å²) >= 11 is 5.15. The largest absolute Gasteiger partial charge is 0.395 e. The van der Waals surface area contributed by atoms with Gasteiger partial charge in [-0.25, -0.2) is 14.7 Å². The fourth-order valence-electron chi connectivity index (χ4n) is 3.95. The summed E-state index contributed by atoms with van der Waals surface area (Å²) in [7, 11) is 1.75. The third-order valence-corrected chi connectivity index (χ3v) is 6.21. The fraction of sp³-hybridized carbons (Fsp3) is 0.696. The smallest absolute Gasteiger partial charge is 0.170 e. The maximum absolute atomic E-state index is 9.70. The predicted octanol–water partition coefficient (Wildman–Crippen LogP) is -0.127. The lowest BCUT2D eigenvalue weighted by atomic mass is 10.0. The molecule has 0 spiro atoms. The van der Waals surface area contributed by atoms with E-state index in [1.165, 1.54) is 0 Å². The molecule has 0 aliphatic carbocycles. The zero-order valence-corrected chi connectivity index (χ0v) is 22.3. The first-order chi connectivity index (χ1) is 18.0. The highest BCUT2D eigenvalue weighted by atomic mass is 32.1. The van der Waals surface area contributed by atoms with Gasteiger partial charge >= 0.3 is 0 Å². The minimum absolute atomic E-state index is 0.0300. The van der Waals surface area contributed by atoms with E-state index < -0.39 is 0 Å². The normalized spacial score (nSPS) is 12.5. The van der Waals surface area contributed by atoms with Gasteiger partial charge < -0.3 is 20.8 Å². The van der Waals surface area contributed by atoms with E-state index >= 15 is 0 Å². The quantitative estimate of drug-likeness (QED) is 0.0582. The highest BCUT2D eigenvalue weighted by Gasteiger charge is 2.22. The summed E-state index contributed by atoms with van der Waals surface area (Å²) in [6.45, 7) is 4.14. The van der Waals surface area contributed by atoms with Gasteiger partial charge in [0.25, 0.3) is 0 Å². The fourth-order valence-corrected chi connectivity index (χ4v) is 4.07. The van der Waals surface area contributed by atoms with Crippen LogP contribution in [0.3, 0.4) is 0 Å². The zero-order chi connectivity index (χ0) is 27.3. The van der Waals surface area contributed by atoms with Crippen LogP contribution in [0.5, 0.6) is 0 Å². The van der Waals surface area contributed by atoms with E-state index in [1.807, 2.05) is 29.2 Å². The Morgan fingerprint density at radius 2 is 1.38 bits per heavy atom. The topological polar surface area (TPSA) is 163 Å². The first kappa shape index (κ1) is 33.5. The number of nitrogens with zero attached hydrogens (tertiary/aromatic N) is 3. The summed E-state index contributed by atoms with van der Waals surface area (Å²) in [5.41, 5.74) is 1.94. The second-order valence-corrected chi connectivity index (χ2v) is 8.79. The lowest BCUT2D eigenvalue weighted by Crippen LogP contribution is -2.49. The average molecular weight is 550 g/mol. The summed E-state index contributed by atoms with van der Waals surface area (Å²) in [5.74, 6) is 0. The number of hydrogen-bond donors (Lipinski definition) is 7. The molecule has 0 aliphatic rings. The maximum atomic E-state index is 9.70. The monoisotopic (exact) mass is 549 g/mol. The molecule has 0 heterocycles. The molecule has 7 N–H and O–H groups in total. The lowest BCUT2D eigenvalue weighted by Gasteiger charge is -2.36. The van der Waals surface area contributed by atoms with Crippen LogP contribution in [0.4, 0.5) is 5.69 Å². The van der Waals surface area contributed by atoms with Crippen LogP contribution in [-0.2, 0) is 21.1 Å². The Balaban J connectivity index is 3.00. The van der Waals surface area contributed by atoms with Crippen molar-refractivity contribution in [3.8, 4) is 0 Å². The third-order valence-electron chi connectivity index (χ3n) is 5.90. The molecular weight excluding hydrogens is 506 g/mol. The molecule has 0 saturated heterocycles. The molecule has 0 radical (unpaired) electrons. The summed E-state index contributed by atoms with van der Waals surface area (Å²) in [4.78, 5) is 18.8. The molecule has 0 aliphatic heterocycles. The molecule has 14 heteroatoms. The molecule has 37 heavy (non-hydrogen) atoms. The number of anilines is 1. The minimum Gasteiger partial charge on any atom is -0.395 e. The average Bonchev–Trinajstić information content (AvgIpc) is 2.91. The maximum Gasteiger partial charge on any atom is 0.170 e. The van der Waals surface area contributed by atoms with Gasteiger partial charge in [0.1, 0.15) is 0 Å². The van der Waals surface area contributed by atoms with Crippen molar-refractivity contribution >= 4 is 23.0 Å². The van der Waals surface area contributed by atoms with Crippen molar-refractivity contribution in [1.29, 1.82) is 0 Å². The van der Waals surface area contributed by atoms with Crippen molar-refractivity contribution in [1.82, 2.24) is 20.0 Å². The molecule has 0 saturated carbocycles. The van der Waals surface area contributed by atoms with Gasteiger partial charge in [-0.05, 0) is 36.3 Å². The standard InChI is InChI=1S/C23H43N5O8S/c1-24-23(37)25-21-4-2-20(3-5-21)18-22(28(9-14-30)12-17-36-33)19-27(8-13-29)7-6-26(10-15-34-31)11-16-35-32/h2-5,22,29-33H,6-19H2,1H3,(H2,24,25,37). The molecule has 0 aromatic heterocycles. The number of rotatable bonds is 22. The highest BCUT2D eigenvalue weighted by molar-refractivity contribution is 7.80. The summed E-state index contributed by atoms with van der Waals surface area (Å²) in [5, 5.41) is 52.2. The molecule has 214 valence electrons. The minimum atomic E-state index is -0.0546. The Morgan fingerprint density at radius 1 is 0.811 bits per heavy atom. The van der Waals surface area contributed by atoms with Crippen LogP contribution < -0.4 is 10.6 Å². The van der Waals surface area contributed by atoms with Gasteiger partial charge in [0.15, 0.2) is 5.11 Å². The van der Waals surface area contributed by atoms with Crippen LogP contribution in [0.25, 0.3) is 0 Å². The van der Waals surface area contributed by atoms with Gasteiger partial charge in [0, 0.05) is 71.1 Å². The summed E-state index contributed by atoms with van der Waals surface area (Å²) < 4.78 is 0. The van der Waals surface area contributed by atoms with Crippen LogP contribution in [-0.4, -0.2) is 144 Å². The molecule has 0 fully saturated rings. The zero-order valence-electron chi connectivity index (χ0n) is 21.5. The van der Waals surface area contributed by atoms with E-state index in [0.29, 0.717) is 63.9 Å². The Kier molecular flexibility index (Phi) is 19.4. The van der Waals surface area contributed by atoms with Crippen molar-refractivity contribution in [2.45, 2.75) is 12.5 Å². The van der Waals surface area contributed by atoms with E-state index in [9.17, 15) is 10.2 Å². The van der Waals surface area contributed by atoms with Crippen LogP contribution in [0.1, 0.15) is 5.56 Å². The summed E-state index contributed by atoms with van der Waals surface area (Å²) in [6, 6.07) is 7.85. The van der Waals surface area contributed by atoms with Crippen molar-refractivity contribution in [2.24, 2.45) is 0 Å². The van der Waals surface area contributed by atoms with Gasteiger partial charge in [-0.15, -0.1) is 0 Å². The van der Waals surface area contributed by atoms with Gasteiger partial charge in [-0.3, -0.25) is 30.5 Å². The van der Waals surface area contributed by atoms with E-state index in [2.05, 4.69) is 35.1 Å². The number of benzene rings is 1. The molecule has 0 bridgehead atoms. The molecule has 0 amide bonds. The van der Waals surface area contributed by atoms with Crippen LogP contribution in [0.2, 0.25) is 0 Å². The Hall–Kier alpha value is -1.53. The predicted molar refractivity (Wildman–Crippen MR) is 144 cm³/mol. The SMILES string of the molecule is CNC(=S)Nc1ccc(CC(CN(CCO)CCN(CCOO)CCOO)N(CCO)CCOO)cc1. The Bertz CT molecular complexity index is 698. The molecule has 1 rings (SSSR count). The van der Waals surface area contributed by atoms with Gasteiger partial charge in [-0.1, -0.05) is 12.1 Å². The molecule has 1 unspecified atom stereocenters. The van der Waals surface area contributed by atoms with Gasteiger partial charge in [0.2, 0.25) is 0 Å². The van der Waals surface area contributed by atoms with Crippen molar-refractivity contribution in [3.63, 3.8) is 0 Å². The third kappa shape index (κ3) is 14.8. The molecule has 1 aromatic carbocycles. The molecule has 1 atom stereocenters. The van der Waals surface area contributed by atoms with Crippen LogP contribution >= 0.6 is 12.2 Å². The Labute approximate surface area is 223 Å². The highest BCUT2D eigenvalue weighted by Crippen LogP contribution is 2.15. The van der Waals surface area contributed by atoms with E-state index in [-0.39, 0.29) is 39.1 Å². The van der Waals surface area contributed by atoms with Gasteiger partial charge in [-0.2, -0.15) is 0 Å². The first-order valence-electron chi connectivity index (χ1n) is 12.3. The van der Waals surface area contributed by atoms with Crippen LogP contribution in [0.15, 0.2) is 24.3 Å². The van der Waals surface area contributed by atoms with Crippen molar-refractivity contribution < 1.29 is 40.6 Å². The van der Waals surface area contributed by atoms with E-state index in [1.54, 1.807) is 7.05 Å². The number of aliphatic hydroxyl groups excluding tert-OH is 2. The molecular formula is C23H43N5O8S. The molecule has 1 aromatic rings. The van der Waals surface area contributed by atoms with E-state index in [0.717, 1.165) is 11.3 Å².